The van der Waals surface area contributed by atoms with Crippen LogP contribution in [0.25, 0.3) is 0 Å². The van der Waals surface area contributed by atoms with Gasteiger partial charge in [0, 0.05) is 26.2 Å². The Morgan fingerprint density at radius 3 is 2.24 bits per heavy atom. The second kappa shape index (κ2) is 7.89. The number of hydrogen-bond acceptors (Lipinski definition) is 4. The van der Waals surface area contributed by atoms with Gasteiger partial charge in [0.1, 0.15) is 0 Å². The molecule has 0 aliphatic heterocycles. The third-order valence-electron chi connectivity index (χ3n) is 3.21. The van der Waals surface area contributed by atoms with E-state index in [1.54, 1.807) is 19.1 Å². The van der Waals surface area contributed by atoms with Crippen LogP contribution in [0, 0.1) is 0 Å². The van der Waals surface area contributed by atoms with Crippen molar-refractivity contribution in [2.45, 2.75) is 50.8 Å². The van der Waals surface area contributed by atoms with Crippen LogP contribution in [0.3, 0.4) is 0 Å². The fourth-order valence-electron chi connectivity index (χ4n) is 1.77. The zero-order valence-corrected chi connectivity index (χ0v) is 14.0. The van der Waals surface area contributed by atoms with Gasteiger partial charge in [0.15, 0.2) is 0 Å². The summed E-state index contributed by atoms with van der Waals surface area (Å²) in [5.74, 6) is 0. The lowest BCUT2D eigenvalue weighted by Crippen LogP contribution is -2.29. The maximum Gasteiger partial charge on any atom is 0.242 e. The highest BCUT2D eigenvalue weighted by Crippen LogP contribution is 2.16. The molecule has 0 aliphatic rings. The van der Waals surface area contributed by atoms with Crippen LogP contribution in [0.2, 0.25) is 0 Å². The number of aliphatic hydroxyl groups is 1. The Morgan fingerprint density at radius 1 is 1.19 bits per heavy atom. The largest absolute Gasteiger partial charge is 0.393 e. The Hall–Kier alpha value is -0.950. The molecule has 6 heteroatoms. The van der Waals surface area contributed by atoms with Crippen LogP contribution in [0.4, 0.5) is 0 Å². The van der Waals surface area contributed by atoms with Gasteiger partial charge in [-0.2, -0.15) is 0 Å². The van der Waals surface area contributed by atoms with Crippen molar-refractivity contribution in [3.63, 3.8) is 0 Å². The Labute approximate surface area is 128 Å². The van der Waals surface area contributed by atoms with E-state index in [2.05, 4.69) is 19.2 Å². The number of rotatable bonds is 8. The zero-order chi connectivity index (χ0) is 16.0. The molecule has 0 aliphatic carbocycles. The standard InChI is InChI=1S/C15H26N2O3S/c1-12(2)16-11-14-5-7-15(8-6-14)21(19,20)17(4)10-9-13(3)18/h5-8,12-13,16,18H,9-11H2,1-4H3. The SMILES string of the molecule is CC(O)CCN(C)S(=O)(=O)c1ccc(CNC(C)C)cc1. The van der Waals surface area contributed by atoms with Gasteiger partial charge in [-0.05, 0) is 31.0 Å². The molecule has 0 saturated carbocycles. The van der Waals surface area contributed by atoms with Crippen molar-refractivity contribution in [3.8, 4) is 0 Å². The number of benzene rings is 1. The Balaban J connectivity index is 2.75. The minimum Gasteiger partial charge on any atom is -0.393 e. The Morgan fingerprint density at radius 2 is 1.76 bits per heavy atom. The van der Waals surface area contributed by atoms with Gasteiger partial charge >= 0.3 is 0 Å². The molecule has 21 heavy (non-hydrogen) atoms. The molecule has 0 saturated heterocycles. The molecule has 0 amide bonds. The molecule has 1 rings (SSSR count). The number of nitrogens with one attached hydrogen (secondary N) is 1. The van der Waals surface area contributed by atoms with Crippen molar-refractivity contribution in [3.05, 3.63) is 29.8 Å². The summed E-state index contributed by atoms with van der Waals surface area (Å²) in [6, 6.07) is 7.30. The highest BCUT2D eigenvalue weighted by atomic mass is 32.2. The van der Waals surface area contributed by atoms with Crippen molar-refractivity contribution < 1.29 is 13.5 Å². The summed E-state index contributed by atoms with van der Waals surface area (Å²) < 4.78 is 26.0. The molecule has 5 nitrogen and oxygen atoms in total. The minimum atomic E-state index is -3.48. The molecule has 0 bridgehead atoms. The van der Waals surface area contributed by atoms with E-state index < -0.39 is 16.1 Å². The van der Waals surface area contributed by atoms with Gasteiger partial charge in [-0.1, -0.05) is 26.0 Å². The van der Waals surface area contributed by atoms with Gasteiger partial charge in [-0.15, -0.1) is 0 Å². The van der Waals surface area contributed by atoms with Crippen LogP contribution in [0.5, 0.6) is 0 Å². The maximum atomic E-state index is 12.4. The van der Waals surface area contributed by atoms with Crippen LogP contribution in [0.1, 0.15) is 32.8 Å². The van der Waals surface area contributed by atoms with E-state index >= 15 is 0 Å². The number of aliphatic hydroxyl groups excluding tert-OH is 1. The molecule has 0 heterocycles. The summed E-state index contributed by atoms with van der Waals surface area (Å²) in [5, 5.41) is 12.5. The van der Waals surface area contributed by atoms with Crippen LogP contribution in [-0.2, 0) is 16.6 Å². The fraction of sp³-hybridized carbons (Fsp3) is 0.600. The van der Waals surface area contributed by atoms with Gasteiger partial charge in [0.25, 0.3) is 0 Å². The normalized spacial score (nSPS) is 13.9. The van der Waals surface area contributed by atoms with Crippen LogP contribution in [-0.4, -0.2) is 43.6 Å². The summed E-state index contributed by atoms with van der Waals surface area (Å²) in [5.41, 5.74) is 1.05. The predicted octanol–water partition coefficient (Wildman–Crippen LogP) is 1.58. The van der Waals surface area contributed by atoms with Crippen molar-refractivity contribution in [1.29, 1.82) is 0 Å². The van der Waals surface area contributed by atoms with Crippen LogP contribution in [0.15, 0.2) is 29.2 Å². The van der Waals surface area contributed by atoms with E-state index in [4.69, 9.17) is 0 Å². The van der Waals surface area contributed by atoms with Gasteiger partial charge in [0.2, 0.25) is 10.0 Å². The van der Waals surface area contributed by atoms with E-state index in [1.165, 1.54) is 11.4 Å². The smallest absolute Gasteiger partial charge is 0.242 e. The van der Waals surface area contributed by atoms with Gasteiger partial charge in [-0.3, -0.25) is 0 Å². The molecular weight excluding hydrogens is 288 g/mol. The van der Waals surface area contributed by atoms with E-state index in [-0.39, 0.29) is 4.90 Å². The summed E-state index contributed by atoms with van der Waals surface area (Å²) >= 11 is 0. The molecule has 1 unspecified atom stereocenters. The molecular formula is C15H26N2O3S. The second-order valence-corrected chi connectivity index (χ2v) is 7.69. The lowest BCUT2D eigenvalue weighted by atomic mass is 10.2. The summed E-state index contributed by atoms with van der Waals surface area (Å²) in [6.45, 7) is 6.80. The number of nitrogens with zero attached hydrogens (tertiary/aromatic N) is 1. The van der Waals surface area contributed by atoms with E-state index in [0.29, 0.717) is 19.0 Å². The average Bonchev–Trinajstić information content (AvgIpc) is 2.42. The minimum absolute atomic E-state index is 0.281. The molecule has 2 N–H and O–H groups in total. The highest BCUT2D eigenvalue weighted by molar-refractivity contribution is 7.89. The van der Waals surface area contributed by atoms with Crippen molar-refractivity contribution >= 4 is 10.0 Å². The molecule has 120 valence electrons. The molecule has 0 aromatic heterocycles. The first-order valence-corrected chi connectivity index (χ1v) is 8.64. The van der Waals surface area contributed by atoms with E-state index in [0.717, 1.165) is 12.1 Å². The third-order valence-corrected chi connectivity index (χ3v) is 5.08. The molecule has 1 atom stereocenters. The first-order chi connectivity index (χ1) is 9.73. The Bertz CT molecular complexity index is 524. The van der Waals surface area contributed by atoms with Crippen molar-refractivity contribution in [2.75, 3.05) is 13.6 Å². The zero-order valence-electron chi connectivity index (χ0n) is 13.2. The van der Waals surface area contributed by atoms with Gasteiger partial charge in [0.05, 0.1) is 11.0 Å². The molecule has 1 aromatic carbocycles. The van der Waals surface area contributed by atoms with Crippen molar-refractivity contribution in [2.24, 2.45) is 0 Å². The highest BCUT2D eigenvalue weighted by Gasteiger charge is 2.20. The topological polar surface area (TPSA) is 69.6 Å². The van der Waals surface area contributed by atoms with Crippen LogP contribution >= 0.6 is 0 Å². The molecule has 0 radical (unpaired) electrons. The maximum absolute atomic E-state index is 12.4. The summed E-state index contributed by atoms with van der Waals surface area (Å²) in [7, 11) is -1.95. The third kappa shape index (κ3) is 5.74. The van der Waals surface area contributed by atoms with Gasteiger partial charge in [-0.25, -0.2) is 12.7 Å². The number of hydrogen-bond donors (Lipinski definition) is 2. The lowest BCUT2D eigenvalue weighted by molar-refractivity contribution is 0.177. The first kappa shape index (κ1) is 18.1. The fourth-order valence-corrected chi connectivity index (χ4v) is 2.96. The lowest BCUT2D eigenvalue weighted by Gasteiger charge is -2.18. The molecule has 0 spiro atoms. The summed E-state index contributed by atoms with van der Waals surface area (Å²) in [4.78, 5) is 0.281. The quantitative estimate of drug-likeness (QED) is 0.764. The second-order valence-electron chi connectivity index (χ2n) is 5.64. The molecule has 0 fully saturated rings. The van der Waals surface area contributed by atoms with Crippen LogP contribution < -0.4 is 5.32 Å². The van der Waals surface area contributed by atoms with Crippen molar-refractivity contribution in [1.82, 2.24) is 9.62 Å². The summed E-state index contributed by atoms with van der Waals surface area (Å²) in [6.07, 6.45) is -0.0845. The van der Waals surface area contributed by atoms with E-state index in [9.17, 15) is 13.5 Å². The first-order valence-electron chi connectivity index (χ1n) is 7.20. The average molecular weight is 314 g/mol. The van der Waals surface area contributed by atoms with E-state index in [1.807, 2.05) is 12.1 Å². The number of sulfonamides is 1. The van der Waals surface area contributed by atoms with Gasteiger partial charge < -0.3 is 10.4 Å². The Kier molecular flexibility index (Phi) is 6.80. The monoisotopic (exact) mass is 314 g/mol. The molecule has 1 aromatic rings. The predicted molar refractivity (Wildman–Crippen MR) is 84.5 cm³/mol.